The molecule has 0 heterocycles. The van der Waals surface area contributed by atoms with E-state index in [1.807, 2.05) is 0 Å². The van der Waals surface area contributed by atoms with E-state index < -0.39 is 130 Å². The first-order valence-corrected chi connectivity index (χ1v) is 6.51. The van der Waals surface area contributed by atoms with E-state index in [0.717, 1.165) is 11.8 Å². The standard InChI is InChI=1S/C22H31NO3/c1-3-23(4-2)17-11-12-18-26-21(24)22(25,19-13-7-5-8-14-19)20-15-9-6-10-16-20/h5,7-8,13-14,20,25H,3-4,6,9-10,15-18H2,1-2H3/i1D3,2D3,3D2,4D2,5D,6D2,7D,8D,9D2,10D2,13D,14D,15D2,16D2,17D2,18D2,20D. The van der Waals surface area contributed by atoms with Crippen molar-refractivity contribution in [3.63, 3.8) is 0 Å². The van der Waals surface area contributed by atoms with Gasteiger partial charge in [-0.1, -0.05) is 74.9 Å². The summed E-state index contributed by atoms with van der Waals surface area (Å²) in [6, 6.07) is -7.99. The van der Waals surface area contributed by atoms with E-state index in [1.54, 1.807) is 0 Å². The number of hydrogen-bond acceptors (Lipinski definition) is 4. The Balaban J connectivity index is 3.15. The highest BCUT2D eigenvalue weighted by atomic mass is 16.5. The highest BCUT2D eigenvalue weighted by Gasteiger charge is 2.46. The van der Waals surface area contributed by atoms with Crippen molar-refractivity contribution in [2.45, 2.75) is 51.2 Å². The molecule has 0 saturated heterocycles. The van der Waals surface area contributed by atoms with Crippen LogP contribution < -0.4 is 0 Å². The number of aliphatic hydroxyl groups is 1. The molecule has 4 heteroatoms. The summed E-state index contributed by atoms with van der Waals surface area (Å²) in [5.41, 5.74) is -7.16. The molecular weight excluding hydrogens is 326 g/mol. The summed E-state index contributed by atoms with van der Waals surface area (Å²) in [7, 11) is 0. The average Bonchev–Trinajstić information content (AvgIpc) is 2.98. The summed E-state index contributed by atoms with van der Waals surface area (Å²) in [4.78, 5) is 13.0. The molecule has 1 aromatic rings. The summed E-state index contributed by atoms with van der Waals surface area (Å²) in [6.45, 7) is -25.3. The highest BCUT2D eigenvalue weighted by molar-refractivity contribution is 5.81. The van der Waals surface area contributed by atoms with Crippen molar-refractivity contribution in [1.82, 2.24) is 4.90 Å². The first kappa shape index (κ1) is 4.26. The summed E-state index contributed by atoms with van der Waals surface area (Å²) < 4.78 is 245. The van der Waals surface area contributed by atoms with Gasteiger partial charge in [0.2, 0.25) is 0 Å². The predicted octanol–water partition coefficient (Wildman–Crippen LogP) is 3.34. The summed E-state index contributed by atoms with van der Waals surface area (Å²) in [6.07, 6.45) is -23.0. The molecule has 142 valence electrons. The molecule has 0 bridgehead atoms. The lowest BCUT2D eigenvalue weighted by Crippen LogP contribution is -2.45. The number of carbonyl (C=O) groups is 1. The van der Waals surface area contributed by atoms with Crippen molar-refractivity contribution in [3.8, 4) is 11.8 Å². The molecule has 1 atom stereocenters. The van der Waals surface area contributed by atoms with E-state index in [9.17, 15) is 9.90 Å². The average molecular weight is 388 g/mol. The number of hydrogen-bond donors (Lipinski definition) is 1. The van der Waals surface area contributed by atoms with Gasteiger partial charge in [-0.3, -0.25) is 4.90 Å². The number of rotatable bonds is 7. The maximum atomic E-state index is 14.1. The van der Waals surface area contributed by atoms with Crippen LogP contribution in [0.15, 0.2) is 30.2 Å². The molecule has 2 rings (SSSR count). The van der Waals surface area contributed by atoms with Crippen molar-refractivity contribution in [3.05, 3.63) is 35.8 Å². The van der Waals surface area contributed by atoms with Gasteiger partial charge in [0.1, 0.15) is 0 Å². The molecule has 1 aliphatic rings. The van der Waals surface area contributed by atoms with Crippen LogP contribution in [0.1, 0.15) is 92.3 Å². The minimum Gasteiger partial charge on any atom is -0.450 e. The number of benzene rings is 1. The second kappa shape index (κ2) is 10.4. The molecule has 1 aromatic carbocycles. The SMILES string of the molecule is [2H]c1c([2H])c([2H])c(C(O)(C(=O)OC([2H])([2H])C#CC([2H])([2H])N(C([2H])([2H])C([2H])([2H])[2H])C([2H])([2H])C([2H])([2H])[2H])C2([2H])C([2H])([2H])C([2H])([2H])C([2H])([2H])C([2H])([2H])C2([2H])[2H])c([2H])c1[2H]. The fraction of sp³-hybridized carbons (Fsp3) is 0.591. The van der Waals surface area contributed by atoms with Gasteiger partial charge >= 0.3 is 5.97 Å². The van der Waals surface area contributed by atoms with E-state index in [0.29, 0.717) is 0 Å². The van der Waals surface area contributed by atoms with Crippen LogP contribution in [-0.4, -0.2) is 42.0 Å². The van der Waals surface area contributed by atoms with E-state index in [2.05, 4.69) is 4.74 Å². The minimum atomic E-state index is -5.08. The Kier molecular flexibility index (Phi) is 1.70. The Morgan fingerprint density at radius 2 is 2.08 bits per heavy atom. The molecule has 4 nitrogen and oxygen atoms in total. The minimum absolute atomic E-state index is 1.07. The van der Waals surface area contributed by atoms with Crippen LogP contribution in [-0.2, 0) is 15.1 Å². The second-order valence-corrected chi connectivity index (χ2v) is 4.12. The highest BCUT2D eigenvalue weighted by Crippen LogP contribution is 2.40. The van der Waals surface area contributed by atoms with Crippen LogP contribution in [0.5, 0.6) is 0 Å². The molecule has 0 radical (unpaired) electrons. The first-order chi connectivity index (χ1) is 24.1. The maximum absolute atomic E-state index is 14.1. The zero-order chi connectivity index (χ0) is 45.2. The molecule has 1 unspecified atom stereocenters. The quantitative estimate of drug-likeness (QED) is 0.576. The Bertz CT molecular complexity index is 1730. The molecule has 1 saturated carbocycles. The monoisotopic (exact) mass is 387 g/mol. The summed E-state index contributed by atoms with van der Waals surface area (Å²) in [5.74, 6) is -5.87. The van der Waals surface area contributed by atoms with Crippen molar-refractivity contribution < 1.29 is 55.8 Å². The van der Waals surface area contributed by atoms with Gasteiger partial charge in [0.05, 0.1) is 18.8 Å². The van der Waals surface area contributed by atoms with Crippen LogP contribution in [0.25, 0.3) is 0 Å². The Hall–Kier alpha value is -1.83. The van der Waals surface area contributed by atoms with Gasteiger partial charge in [-0.25, -0.2) is 4.79 Å². The number of carbonyl (C=O) groups excluding carboxylic acids is 1. The van der Waals surface area contributed by atoms with Gasteiger partial charge in [0.15, 0.2) is 12.2 Å². The van der Waals surface area contributed by atoms with E-state index in [1.165, 1.54) is 0 Å². The first-order valence-electron chi connectivity index (χ1n) is 21.5. The fourth-order valence-electron chi connectivity index (χ4n) is 1.53. The zero-order valence-corrected chi connectivity index (χ0v) is 12.7. The lowest BCUT2D eigenvalue weighted by Gasteiger charge is -2.36. The van der Waals surface area contributed by atoms with Gasteiger partial charge in [-0.15, -0.1) is 0 Å². The molecule has 1 aliphatic carbocycles. The van der Waals surface area contributed by atoms with Crippen molar-refractivity contribution in [1.29, 1.82) is 0 Å². The Labute approximate surface area is 199 Å². The molecule has 26 heavy (non-hydrogen) atoms. The molecule has 0 aliphatic heterocycles. The van der Waals surface area contributed by atoms with Gasteiger partial charge in [0.25, 0.3) is 0 Å². The summed E-state index contributed by atoms with van der Waals surface area (Å²) >= 11 is 0. The van der Waals surface area contributed by atoms with E-state index in [4.69, 9.17) is 41.1 Å². The smallest absolute Gasteiger partial charge is 0.344 e. The fourth-order valence-corrected chi connectivity index (χ4v) is 1.53. The normalized spacial score (nSPS) is 48.2. The van der Waals surface area contributed by atoms with Crippen LogP contribution in [0.3, 0.4) is 0 Å². The van der Waals surface area contributed by atoms with E-state index in [-0.39, 0.29) is 0 Å². The lowest BCUT2D eigenvalue weighted by atomic mass is 9.73. The molecule has 1 N–H and O–H groups in total. The number of nitrogens with zero attached hydrogens (tertiary/aromatic N) is 1. The predicted molar refractivity (Wildman–Crippen MR) is 103 cm³/mol. The van der Waals surface area contributed by atoms with Crippen molar-refractivity contribution in [2.24, 2.45) is 5.89 Å². The second-order valence-electron chi connectivity index (χ2n) is 4.12. The Morgan fingerprint density at radius 3 is 2.73 bits per heavy atom. The largest absolute Gasteiger partial charge is 0.450 e. The maximum Gasteiger partial charge on any atom is 0.344 e. The molecule has 0 spiro atoms. The van der Waals surface area contributed by atoms with Gasteiger partial charge < -0.3 is 9.84 Å². The van der Waals surface area contributed by atoms with Crippen LogP contribution >= 0.6 is 0 Å². The zero-order valence-electron chi connectivity index (χ0n) is 42.7. The molecule has 0 aromatic heterocycles. The van der Waals surface area contributed by atoms with Crippen LogP contribution in [0, 0.1) is 17.7 Å². The van der Waals surface area contributed by atoms with Crippen molar-refractivity contribution in [2.75, 3.05) is 26.0 Å². The van der Waals surface area contributed by atoms with Crippen LogP contribution in [0.2, 0.25) is 0 Å². The topological polar surface area (TPSA) is 49.8 Å². The van der Waals surface area contributed by atoms with Gasteiger partial charge in [-0.2, -0.15) is 0 Å². The Morgan fingerprint density at radius 1 is 1.38 bits per heavy atom. The van der Waals surface area contributed by atoms with Gasteiger partial charge in [0, 0.05) is 34.7 Å². The molecule has 1 fully saturated rings. The molecular formula is C22H31NO3. The third-order valence-electron chi connectivity index (χ3n) is 2.67. The van der Waals surface area contributed by atoms with Gasteiger partial charge in [-0.05, 0) is 31.3 Å². The third kappa shape index (κ3) is 5.09. The van der Waals surface area contributed by atoms with E-state index >= 15 is 0 Å². The summed E-state index contributed by atoms with van der Waals surface area (Å²) in [5, 5.41) is 12.2. The molecule has 0 amide bonds. The number of ether oxygens (including phenoxy) is 1. The lowest BCUT2D eigenvalue weighted by molar-refractivity contribution is -0.174. The van der Waals surface area contributed by atoms with Crippen LogP contribution in [0.4, 0.5) is 0 Å². The third-order valence-corrected chi connectivity index (χ3v) is 2.67. The number of esters is 1. The van der Waals surface area contributed by atoms with Crippen molar-refractivity contribution >= 4 is 5.97 Å².